The summed E-state index contributed by atoms with van der Waals surface area (Å²) in [5.41, 5.74) is 7.13. The molecule has 2 nitrogen and oxygen atoms in total. The number of carboxylic acid groups (broad SMARTS) is 1. The minimum Gasteiger partial charge on any atom is -0.478 e. The van der Waals surface area contributed by atoms with Crippen LogP contribution in [-0.2, 0) is 0 Å². The van der Waals surface area contributed by atoms with Gasteiger partial charge < -0.3 is 5.11 Å². The number of carbonyl (C=O) groups is 1. The lowest BCUT2D eigenvalue weighted by Crippen LogP contribution is -1.97. The molecule has 0 radical (unpaired) electrons. The van der Waals surface area contributed by atoms with Gasteiger partial charge in [-0.1, -0.05) is 90.0 Å². The van der Waals surface area contributed by atoms with Gasteiger partial charge in [0.2, 0.25) is 0 Å². The Morgan fingerprint density at radius 1 is 0.581 bits per heavy atom. The zero-order valence-electron chi connectivity index (χ0n) is 17.5. The third kappa shape index (κ3) is 3.27. The van der Waals surface area contributed by atoms with Crippen molar-refractivity contribution in [2.75, 3.05) is 0 Å². The van der Waals surface area contributed by atoms with Gasteiger partial charge in [0.1, 0.15) is 0 Å². The minimum atomic E-state index is -0.915. The van der Waals surface area contributed by atoms with E-state index in [2.05, 4.69) is 80.6 Å². The van der Waals surface area contributed by atoms with Crippen LogP contribution in [0.2, 0.25) is 0 Å². The van der Waals surface area contributed by atoms with Crippen LogP contribution in [0.25, 0.3) is 43.8 Å². The van der Waals surface area contributed by atoms with Gasteiger partial charge >= 0.3 is 5.97 Å². The molecule has 0 aromatic heterocycles. The van der Waals surface area contributed by atoms with Crippen LogP contribution in [0.15, 0.2) is 91.0 Å². The van der Waals surface area contributed by atoms with Gasteiger partial charge in [-0.3, -0.25) is 0 Å². The first-order valence-electron chi connectivity index (χ1n) is 10.4. The van der Waals surface area contributed by atoms with E-state index in [1.807, 2.05) is 18.2 Å². The fourth-order valence-electron chi connectivity index (χ4n) is 4.37. The van der Waals surface area contributed by atoms with Gasteiger partial charge in [0.15, 0.2) is 0 Å². The van der Waals surface area contributed by atoms with Crippen molar-refractivity contribution in [2.45, 2.75) is 13.8 Å². The highest BCUT2D eigenvalue weighted by molar-refractivity contribution is 6.22. The maximum absolute atomic E-state index is 11.8. The van der Waals surface area contributed by atoms with Crippen LogP contribution in [0.3, 0.4) is 0 Å². The predicted molar refractivity (Wildman–Crippen MR) is 129 cm³/mol. The van der Waals surface area contributed by atoms with Crippen LogP contribution >= 0.6 is 0 Å². The van der Waals surface area contributed by atoms with E-state index in [0.717, 1.165) is 43.8 Å². The molecule has 0 aliphatic heterocycles. The molecule has 0 saturated carbocycles. The molecule has 0 aliphatic rings. The first-order chi connectivity index (χ1) is 15.0. The molecule has 0 atom stereocenters. The van der Waals surface area contributed by atoms with Gasteiger partial charge in [-0.05, 0) is 69.8 Å². The van der Waals surface area contributed by atoms with Gasteiger partial charge in [-0.25, -0.2) is 4.79 Å². The summed E-state index contributed by atoms with van der Waals surface area (Å²) in [6.45, 7) is 4.16. The molecule has 0 heterocycles. The highest BCUT2D eigenvalue weighted by Crippen LogP contribution is 2.43. The number of hydrogen-bond acceptors (Lipinski definition) is 1. The van der Waals surface area contributed by atoms with E-state index < -0.39 is 5.97 Å². The second-order valence-corrected chi connectivity index (χ2v) is 8.09. The molecule has 0 unspecified atom stereocenters. The number of hydrogen-bond donors (Lipinski definition) is 1. The van der Waals surface area contributed by atoms with Gasteiger partial charge in [0.25, 0.3) is 0 Å². The lowest BCUT2D eigenvalue weighted by Gasteiger charge is -2.18. The monoisotopic (exact) mass is 402 g/mol. The normalized spacial score (nSPS) is 11.2. The van der Waals surface area contributed by atoms with Crippen molar-refractivity contribution in [3.05, 3.63) is 108 Å². The van der Waals surface area contributed by atoms with E-state index in [-0.39, 0.29) is 0 Å². The fourth-order valence-corrected chi connectivity index (χ4v) is 4.37. The number of rotatable bonds is 3. The maximum Gasteiger partial charge on any atom is 0.335 e. The van der Waals surface area contributed by atoms with Crippen molar-refractivity contribution >= 4 is 27.5 Å². The van der Waals surface area contributed by atoms with Gasteiger partial charge in [0, 0.05) is 0 Å². The molecule has 1 N–H and O–H groups in total. The predicted octanol–water partition coefficient (Wildman–Crippen LogP) is 7.64. The first kappa shape index (κ1) is 19.1. The Kier molecular flexibility index (Phi) is 4.56. The third-order valence-corrected chi connectivity index (χ3v) is 5.95. The number of carboxylic acids is 1. The fraction of sp³-hybridized carbons (Fsp3) is 0.0690. The molecular weight excluding hydrogens is 380 g/mol. The molecule has 0 bridgehead atoms. The topological polar surface area (TPSA) is 37.3 Å². The molecule has 5 aromatic rings. The van der Waals surface area contributed by atoms with Crippen molar-refractivity contribution in [3.63, 3.8) is 0 Å². The summed E-state index contributed by atoms with van der Waals surface area (Å²) in [6.07, 6.45) is 0. The molecule has 0 spiro atoms. The number of benzene rings is 5. The third-order valence-electron chi connectivity index (χ3n) is 5.95. The summed E-state index contributed by atoms with van der Waals surface area (Å²) < 4.78 is 0. The van der Waals surface area contributed by atoms with Crippen molar-refractivity contribution in [3.8, 4) is 22.3 Å². The molecule has 150 valence electrons. The smallest absolute Gasteiger partial charge is 0.335 e. The number of fused-ring (bicyclic) bond motifs is 2. The van der Waals surface area contributed by atoms with E-state index in [4.69, 9.17) is 0 Å². The van der Waals surface area contributed by atoms with E-state index >= 15 is 0 Å². The highest BCUT2D eigenvalue weighted by atomic mass is 16.4. The Morgan fingerprint density at radius 2 is 1.03 bits per heavy atom. The molecule has 0 fully saturated rings. The quantitative estimate of drug-likeness (QED) is 0.315. The van der Waals surface area contributed by atoms with Crippen LogP contribution < -0.4 is 0 Å². The van der Waals surface area contributed by atoms with E-state index in [1.54, 1.807) is 6.07 Å². The average molecular weight is 402 g/mol. The van der Waals surface area contributed by atoms with Crippen LogP contribution in [0.5, 0.6) is 0 Å². The molecular formula is C29H22O2. The van der Waals surface area contributed by atoms with Gasteiger partial charge in [-0.2, -0.15) is 0 Å². The molecule has 0 saturated heterocycles. The number of aryl methyl sites for hydroxylation is 2. The SMILES string of the molecule is Cc1ccc(-c2c3ccccc3c(-c3ccc(C)cc3)c3cc(C(=O)O)ccc23)cc1. The van der Waals surface area contributed by atoms with Crippen molar-refractivity contribution < 1.29 is 9.90 Å². The maximum atomic E-state index is 11.8. The number of aromatic carboxylic acids is 1. The Balaban J connectivity index is 1.99. The second-order valence-electron chi connectivity index (χ2n) is 8.09. The first-order valence-corrected chi connectivity index (χ1v) is 10.4. The lowest BCUT2D eigenvalue weighted by molar-refractivity contribution is 0.0697. The van der Waals surface area contributed by atoms with Crippen LogP contribution in [0, 0.1) is 13.8 Å². The standard InChI is InChI=1S/C29H22O2/c1-18-7-11-20(12-8-18)27-23-5-3-4-6-24(23)28(21-13-9-19(2)10-14-21)26-17-22(29(30)31)15-16-25(26)27/h3-17H,1-2H3,(H,30,31). The van der Waals surface area contributed by atoms with Crippen molar-refractivity contribution in [1.82, 2.24) is 0 Å². The Morgan fingerprint density at radius 3 is 1.52 bits per heavy atom. The van der Waals surface area contributed by atoms with Gasteiger partial charge in [-0.15, -0.1) is 0 Å². The molecule has 5 rings (SSSR count). The summed E-state index contributed by atoms with van der Waals surface area (Å²) in [5.74, 6) is -0.915. The van der Waals surface area contributed by atoms with E-state index in [0.29, 0.717) is 5.56 Å². The minimum absolute atomic E-state index is 0.297. The van der Waals surface area contributed by atoms with Crippen molar-refractivity contribution in [1.29, 1.82) is 0 Å². The molecule has 5 aromatic carbocycles. The van der Waals surface area contributed by atoms with Crippen LogP contribution in [0.4, 0.5) is 0 Å². The summed E-state index contributed by atoms with van der Waals surface area (Å²) in [5, 5.41) is 14.0. The summed E-state index contributed by atoms with van der Waals surface area (Å²) in [7, 11) is 0. The van der Waals surface area contributed by atoms with Crippen LogP contribution in [-0.4, -0.2) is 11.1 Å². The Labute approximate surface area is 181 Å². The molecule has 31 heavy (non-hydrogen) atoms. The largest absolute Gasteiger partial charge is 0.478 e. The van der Waals surface area contributed by atoms with Crippen LogP contribution in [0.1, 0.15) is 21.5 Å². The Hall–Kier alpha value is -3.91. The zero-order valence-corrected chi connectivity index (χ0v) is 17.5. The van der Waals surface area contributed by atoms with Gasteiger partial charge in [0.05, 0.1) is 5.56 Å². The Bertz CT molecular complexity index is 1440. The molecule has 0 amide bonds. The van der Waals surface area contributed by atoms with E-state index in [9.17, 15) is 9.90 Å². The molecule has 2 heteroatoms. The summed E-state index contributed by atoms with van der Waals surface area (Å²) in [4.78, 5) is 11.8. The zero-order chi connectivity index (χ0) is 21.5. The second kappa shape index (κ2) is 7.41. The average Bonchev–Trinajstić information content (AvgIpc) is 2.78. The summed E-state index contributed by atoms with van der Waals surface area (Å²) >= 11 is 0. The summed E-state index contributed by atoms with van der Waals surface area (Å²) in [6, 6.07) is 30.9. The van der Waals surface area contributed by atoms with Crippen molar-refractivity contribution in [2.24, 2.45) is 0 Å². The highest BCUT2D eigenvalue weighted by Gasteiger charge is 2.18. The molecule has 0 aliphatic carbocycles. The lowest BCUT2D eigenvalue weighted by atomic mass is 9.85. The van der Waals surface area contributed by atoms with E-state index in [1.165, 1.54) is 11.1 Å².